The lowest BCUT2D eigenvalue weighted by atomic mass is 10.0. The Morgan fingerprint density at radius 1 is 1.57 bits per heavy atom. The lowest BCUT2D eigenvalue weighted by Gasteiger charge is -2.06. The highest BCUT2D eigenvalue weighted by molar-refractivity contribution is 6.31. The van der Waals surface area contributed by atoms with E-state index in [0.29, 0.717) is 11.6 Å². The van der Waals surface area contributed by atoms with Gasteiger partial charge in [-0.2, -0.15) is 5.10 Å². The van der Waals surface area contributed by atoms with Crippen molar-refractivity contribution in [2.24, 2.45) is 5.92 Å². The number of nitrogen functional groups attached to an aromatic ring is 1. The molecular weight excluding hydrogens is 202 g/mol. The largest absolute Gasteiger partial charge is 0.396 e. The molecule has 1 atom stereocenters. The van der Waals surface area contributed by atoms with Gasteiger partial charge in [0.05, 0.1) is 11.4 Å². The number of ether oxygens (including phenoxy) is 1. The van der Waals surface area contributed by atoms with Gasteiger partial charge in [-0.3, -0.25) is 0 Å². The molecule has 1 saturated heterocycles. The molecular formula is C9H12ClN3O. The summed E-state index contributed by atoms with van der Waals surface area (Å²) < 4.78 is 5.28. The molecule has 0 saturated carbocycles. The first-order valence-electron chi connectivity index (χ1n) is 4.61. The van der Waals surface area contributed by atoms with E-state index in [9.17, 15) is 0 Å². The predicted molar refractivity (Wildman–Crippen MR) is 54.1 cm³/mol. The van der Waals surface area contributed by atoms with Crippen molar-refractivity contribution in [1.82, 2.24) is 10.2 Å². The Labute approximate surface area is 87.4 Å². The van der Waals surface area contributed by atoms with Crippen molar-refractivity contribution in [3.63, 3.8) is 0 Å². The van der Waals surface area contributed by atoms with E-state index >= 15 is 0 Å². The zero-order chi connectivity index (χ0) is 9.97. The Balaban J connectivity index is 2.05. The van der Waals surface area contributed by atoms with Gasteiger partial charge in [0, 0.05) is 13.2 Å². The van der Waals surface area contributed by atoms with Crippen molar-refractivity contribution in [2.45, 2.75) is 12.8 Å². The maximum atomic E-state index is 5.67. The second-order valence-corrected chi connectivity index (χ2v) is 3.87. The smallest absolute Gasteiger partial charge is 0.174 e. The monoisotopic (exact) mass is 213 g/mol. The molecule has 0 amide bonds. The van der Waals surface area contributed by atoms with E-state index in [2.05, 4.69) is 10.2 Å². The lowest BCUT2D eigenvalue weighted by molar-refractivity contribution is 0.185. The van der Waals surface area contributed by atoms with Crippen molar-refractivity contribution >= 4 is 17.3 Å². The first-order chi connectivity index (χ1) is 6.75. The van der Waals surface area contributed by atoms with Gasteiger partial charge in [-0.05, 0) is 24.8 Å². The zero-order valence-electron chi connectivity index (χ0n) is 7.74. The van der Waals surface area contributed by atoms with Crippen molar-refractivity contribution in [2.75, 3.05) is 18.9 Å². The van der Waals surface area contributed by atoms with Gasteiger partial charge in [0.25, 0.3) is 0 Å². The molecule has 1 unspecified atom stereocenters. The van der Waals surface area contributed by atoms with Gasteiger partial charge in [-0.1, -0.05) is 11.6 Å². The molecule has 76 valence electrons. The lowest BCUT2D eigenvalue weighted by Crippen LogP contribution is -2.07. The maximum Gasteiger partial charge on any atom is 0.174 e. The molecule has 1 aromatic heterocycles. The average Bonchev–Trinajstić information content (AvgIpc) is 2.64. The van der Waals surface area contributed by atoms with Gasteiger partial charge in [0.2, 0.25) is 0 Å². The minimum Gasteiger partial charge on any atom is -0.396 e. The third kappa shape index (κ3) is 2.13. The molecule has 14 heavy (non-hydrogen) atoms. The number of halogens is 1. The van der Waals surface area contributed by atoms with Gasteiger partial charge in [0.15, 0.2) is 5.15 Å². The number of aromatic nitrogens is 2. The van der Waals surface area contributed by atoms with E-state index in [1.54, 1.807) is 6.07 Å². The van der Waals surface area contributed by atoms with E-state index in [0.717, 1.165) is 31.7 Å². The summed E-state index contributed by atoms with van der Waals surface area (Å²) in [6, 6.07) is 1.79. The molecule has 0 aromatic carbocycles. The van der Waals surface area contributed by atoms with Crippen LogP contribution in [0.2, 0.25) is 5.15 Å². The van der Waals surface area contributed by atoms with Crippen LogP contribution in [0.1, 0.15) is 12.1 Å². The summed E-state index contributed by atoms with van der Waals surface area (Å²) in [4.78, 5) is 0. The first-order valence-corrected chi connectivity index (χ1v) is 4.99. The molecule has 0 spiro atoms. The highest BCUT2D eigenvalue weighted by Gasteiger charge is 2.17. The molecule has 2 N–H and O–H groups in total. The molecule has 2 rings (SSSR count). The number of hydrogen-bond donors (Lipinski definition) is 1. The summed E-state index contributed by atoms with van der Waals surface area (Å²) >= 11 is 5.67. The minimum absolute atomic E-state index is 0.274. The van der Waals surface area contributed by atoms with Crippen LogP contribution in [0.25, 0.3) is 0 Å². The topological polar surface area (TPSA) is 61.0 Å². The molecule has 5 heteroatoms. The van der Waals surface area contributed by atoms with Crippen molar-refractivity contribution in [1.29, 1.82) is 0 Å². The van der Waals surface area contributed by atoms with E-state index in [-0.39, 0.29) is 5.15 Å². The van der Waals surface area contributed by atoms with Crippen LogP contribution in [-0.4, -0.2) is 23.4 Å². The normalized spacial score (nSPS) is 21.4. The molecule has 1 aliphatic heterocycles. The Bertz CT molecular complexity index is 326. The average molecular weight is 214 g/mol. The predicted octanol–water partition coefficient (Wildman–Crippen LogP) is 1.29. The third-order valence-electron chi connectivity index (χ3n) is 2.35. The summed E-state index contributed by atoms with van der Waals surface area (Å²) in [6.45, 7) is 1.66. The number of rotatable bonds is 2. The van der Waals surface area contributed by atoms with Crippen LogP contribution in [0.5, 0.6) is 0 Å². The fraction of sp³-hybridized carbons (Fsp3) is 0.556. The summed E-state index contributed by atoms with van der Waals surface area (Å²) in [7, 11) is 0. The highest BCUT2D eigenvalue weighted by atomic mass is 35.5. The number of hydrogen-bond acceptors (Lipinski definition) is 4. The van der Waals surface area contributed by atoms with E-state index in [1.807, 2.05) is 0 Å². The van der Waals surface area contributed by atoms with Crippen LogP contribution in [0, 0.1) is 5.92 Å². The van der Waals surface area contributed by atoms with E-state index < -0.39 is 0 Å². The third-order valence-corrected chi connectivity index (χ3v) is 2.64. The second kappa shape index (κ2) is 4.11. The summed E-state index contributed by atoms with van der Waals surface area (Å²) in [5.41, 5.74) is 7.02. The Morgan fingerprint density at radius 2 is 2.43 bits per heavy atom. The second-order valence-electron chi connectivity index (χ2n) is 3.52. The fourth-order valence-corrected chi connectivity index (χ4v) is 1.67. The van der Waals surface area contributed by atoms with Crippen LogP contribution in [0.15, 0.2) is 6.07 Å². The Hall–Kier alpha value is -0.870. The summed E-state index contributed by atoms with van der Waals surface area (Å²) in [5, 5.41) is 8.03. The number of anilines is 1. The quantitative estimate of drug-likeness (QED) is 0.804. The molecule has 0 bridgehead atoms. The molecule has 0 aliphatic carbocycles. The molecule has 2 heterocycles. The molecule has 4 nitrogen and oxygen atoms in total. The van der Waals surface area contributed by atoms with Gasteiger partial charge >= 0.3 is 0 Å². The van der Waals surface area contributed by atoms with Crippen molar-refractivity contribution in [3.05, 3.63) is 16.9 Å². The SMILES string of the molecule is Nc1cc(CC2CCOC2)nnc1Cl. The molecule has 1 aromatic rings. The Morgan fingerprint density at radius 3 is 3.07 bits per heavy atom. The Kier molecular flexibility index (Phi) is 2.84. The van der Waals surface area contributed by atoms with Crippen LogP contribution in [-0.2, 0) is 11.2 Å². The van der Waals surface area contributed by atoms with Gasteiger partial charge in [0.1, 0.15) is 0 Å². The molecule has 1 aliphatic rings. The van der Waals surface area contributed by atoms with E-state index in [1.165, 1.54) is 0 Å². The summed E-state index contributed by atoms with van der Waals surface area (Å²) in [6.07, 6.45) is 1.96. The number of nitrogens with two attached hydrogens (primary N) is 1. The van der Waals surface area contributed by atoms with Crippen molar-refractivity contribution in [3.8, 4) is 0 Å². The highest BCUT2D eigenvalue weighted by Crippen LogP contribution is 2.20. The van der Waals surface area contributed by atoms with E-state index in [4.69, 9.17) is 22.1 Å². The standard InChI is InChI=1S/C9H12ClN3O/c10-9-8(11)4-7(12-13-9)3-6-1-2-14-5-6/h4,6H,1-3,5H2,(H2,11,12). The zero-order valence-corrected chi connectivity index (χ0v) is 8.50. The first kappa shape index (κ1) is 9.68. The van der Waals surface area contributed by atoms with Crippen LogP contribution < -0.4 is 5.73 Å². The van der Waals surface area contributed by atoms with Crippen LogP contribution in [0.4, 0.5) is 5.69 Å². The van der Waals surface area contributed by atoms with Gasteiger partial charge < -0.3 is 10.5 Å². The minimum atomic E-state index is 0.274. The summed E-state index contributed by atoms with van der Waals surface area (Å²) in [5.74, 6) is 0.546. The molecule has 0 radical (unpaired) electrons. The van der Waals surface area contributed by atoms with Crippen LogP contribution in [0.3, 0.4) is 0 Å². The van der Waals surface area contributed by atoms with Crippen LogP contribution >= 0.6 is 11.6 Å². The fourth-order valence-electron chi connectivity index (χ4n) is 1.57. The molecule has 1 fully saturated rings. The van der Waals surface area contributed by atoms with Gasteiger partial charge in [-0.15, -0.1) is 5.10 Å². The van der Waals surface area contributed by atoms with Gasteiger partial charge in [-0.25, -0.2) is 0 Å². The number of nitrogens with zero attached hydrogens (tertiary/aromatic N) is 2. The van der Waals surface area contributed by atoms with Crippen molar-refractivity contribution < 1.29 is 4.74 Å². The maximum absolute atomic E-state index is 5.67.